The predicted molar refractivity (Wildman–Crippen MR) is 117 cm³/mol. The van der Waals surface area contributed by atoms with Crippen LogP contribution in [0, 0.1) is 17.3 Å². The van der Waals surface area contributed by atoms with Gasteiger partial charge in [-0.3, -0.25) is 4.79 Å². The van der Waals surface area contributed by atoms with E-state index in [4.69, 9.17) is 14.2 Å². The van der Waals surface area contributed by atoms with Crippen LogP contribution in [0.1, 0.15) is 52.0 Å². The molecule has 0 saturated heterocycles. The molecule has 0 bridgehead atoms. The molecule has 6 heteroatoms. The Balaban J connectivity index is 2.05. The first-order valence-corrected chi connectivity index (χ1v) is 10.8. The highest BCUT2D eigenvalue weighted by atomic mass is 16.5. The van der Waals surface area contributed by atoms with E-state index < -0.39 is 12.1 Å². The number of benzene rings is 1. The van der Waals surface area contributed by atoms with Crippen LogP contribution >= 0.6 is 0 Å². The van der Waals surface area contributed by atoms with Crippen molar-refractivity contribution in [2.45, 2.75) is 52.6 Å². The number of ketones is 1. The van der Waals surface area contributed by atoms with Crippen LogP contribution in [0.4, 0.5) is 0 Å². The van der Waals surface area contributed by atoms with Crippen LogP contribution in [-0.2, 0) is 9.59 Å². The summed E-state index contributed by atoms with van der Waals surface area (Å²) >= 11 is 0. The highest BCUT2D eigenvalue weighted by Gasteiger charge is 2.44. The molecule has 6 nitrogen and oxygen atoms in total. The SMILES string of the molecule is COc1cc2c(cc1OC)C1=C(/C=C(/C(=O)O)C(=O)CCC1C1CC1)C(C(C)(C)C)O2. The van der Waals surface area contributed by atoms with Crippen LogP contribution in [0.2, 0.25) is 0 Å². The second-order valence-electron chi connectivity index (χ2n) is 9.71. The van der Waals surface area contributed by atoms with Crippen molar-refractivity contribution in [3.63, 3.8) is 0 Å². The largest absolute Gasteiger partial charge is 0.493 e. The second-order valence-corrected chi connectivity index (χ2v) is 9.71. The summed E-state index contributed by atoms with van der Waals surface area (Å²) in [5.74, 6) is 1.07. The van der Waals surface area contributed by atoms with E-state index in [1.54, 1.807) is 20.3 Å². The van der Waals surface area contributed by atoms with Gasteiger partial charge in [0.05, 0.1) is 14.2 Å². The lowest BCUT2D eigenvalue weighted by Gasteiger charge is -2.40. The summed E-state index contributed by atoms with van der Waals surface area (Å²) < 4.78 is 17.5. The molecule has 3 aliphatic rings. The number of Topliss-reactive ketones (excluding diaryl/α,β-unsaturated/α-hetero) is 1. The molecular formula is C25H30O6. The van der Waals surface area contributed by atoms with Crippen LogP contribution in [-0.4, -0.2) is 37.2 Å². The predicted octanol–water partition coefficient (Wildman–Crippen LogP) is 4.66. The number of methoxy groups -OCH3 is 2. The number of aliphatic carboxylic acids is 1. The van der Waals surface area contributed by atoms with Crippen molar-refractivity contribution in [3.8, 4) is 17.2 Å². The van der Waals surface area contributed by atoms with Gasteiger partial charge in [0.2, 0.25) is 0 Å². The molecule has 2 atom stereocenters. The summed E-state index contributed by atoms with van der Waals surface area (Å²) in [5.41, 5.74) is 2.32. The Morgan fingerprint density at radius 2 is 1.74 bits per heavy atom. The van der Waals surface area contributed by atoms with Gasteiger partial charge in [-0.05, 0) is 54.4 Å². The van der Waals surface area contributed by atoms with Crippen LogP contribution < -0.4 is 14.2 Å². The highest BCUT2D eigenvalue weighted by molar-refractivity contribution is 6.17. The summed E-state index contributed by atoms with van der Waals surface area (Å²) in [6, 6.07) is 3.78. The Morgan fingerprint density at radius 1 is 1.10 bits per heavy atom. The topological polar surface area (TPSA) is 82.1 Å². The third-order valence-electron chi connectivity index (χ3n) is 6.48. The van der Waals surface area contributed by atoms with Crippen LogP contribution in [0.3, 0.4) is 0 Å². The fraction of sp³-hybridized carbons (Fsp3) is 0.520. The van der Waals surface area contributed by atoms with Crippen molar-refractivity contribution >= 4 is 17.3 Å². The van der Waals surface area contributed by atoms with Crippen LogP contribution in [0.15, 0.2) is 29.4 Å². The van der Waals surface area contributed by atoms with Crippen molar-refractivity contribution in [2.75, 3.05) is 14.2 Å². The third kappa shape index (κ3) is 3.84. The number of carboxylic acid groups (broad SMARTS) is 1. The lowest BCUT2D eigenvalue weighted by atomic mass is 9.72. The maximum atomic E-state index is 12.7. The van der Waals surface area contributed by atoms with Crippen molar-refractivity contribution in [1.82, 2.24) is 0 Å². The standard InChI is InChI=1S/C25H30O6/c1-25(2,3)23-17-10-15(24(27)28)18(26)9-8-14(13-6-7-13)22(17)16-11-20(29-4)21(30-5)12-19(16)31-23/h10-14,23H,6-9H2,1-5H3,(H,27,28)/b15-10+. The number of carboxylic acids is 1. The van der Waals surface area contributed by atoms with Crippen molar-refractivity contribution in [3.05, 3.63) is 34.9 Å². The minimum atomic E-state index is -1.19. The molecule has 2 unspecified atom stereocenters. The average Bonchev–Trinajstić information content (AvgIpc) is 3.53. The smallest absolute Gasteiger partial charge is 0.339 e. The number of rotatable bonds is 4. The van der Waals surface area contributed by atoms with Crippen molar-refractivity contribution < 1.29 is 28.9 Å². The first-order chi connectivity index (χ1) is 14.7. The molecular weight excluding hydrogens is 396 g/mol. The minimum Gasteiger partial charge on any atom is -0.493 e. The Morgan fingerprint density at radius 3 is 2.29 bits per heavy atom. The molecule has 1 aromatic carbocycles. The lowest BCUT2D eigenvalue weighted by molar-refractivity contribution is -0.134. The van der Waals surface area contributed by atoms with E-state index in [1.807, 2.05) is 12.1 Å². The molecule has 1 saturated carbocycles. The maximum Gasteiger partial charge on any atom is 0.339 e. The van der Waals surface area contributed by atoms with E-state index in [9.17, 15) is 14.7 Å². The summed E-state index contributed by atoms with van der Waals surface area (Å²) in [6.07, 6.45) is 4.29. The molecule has 31 heavy (non-hydrogen) atoms. The molecule has 1 heterocycles. The Labute approximate surface area is 182 Å². The number of hydrogen-bond acceptors (Lipinski definition) is 5. The third-order valence-corrected chi connectivity index (χ3v) is 6.48. The van der Waals surface area contributed by atoms with Gasteiger partial charge in [-0.25, -0.2) is 4.79 Å². The first kappa shape index (κ1) is 21.5. The van der Waals surface area contributed by atoms with Gasteiger partial charge in [-0.1, -0.05) is 20.8 Å². The molecule has 166 valence electrons. The van der Waals surface area contributed by atoms with Crippen LogP contribution in [0.25, 0.3) is 5.57 Å². The highest BCUT2D eigenvalue weighted by Crippen LogP contribution is 2.55. The Kier molecular flexibility index (Phi) is 5.36. The number of allylic oxidation sites excluding steroid dienone is 1. The summed E-state index contributed by atoms with van der Waals surface area (Å²) in [4.78, 5) is 24.6. The molecule has 0 amide bonds. The fourth-order valence-electron chi connectivity index (χ4n) is 4.82. The zero-order chi connectivity index (χ0) is 22.5. The summed E-state index contributed by atoms with van der Waals surface area (Å²) in [5, 5.41) is 9.75. The van der Waals surface area contributed by atoms with Gasteiger partial charge in [0.15, 0.2) is 17.3 Å². The summed E-state index contributed by atoms with van der Waals surface area (Å²) in [7, 11) is 3.19. The quantitative estimate of drug-likeness (QED) is 0.705. The van der Waals surface area contributed by atoms with Gasteiger partial charge < -0.3 is 19.3 Å². The average molecular weight is 427 g/mol. The molecule has 1 fully saturated rings. The van der Waals surface area contributed by atoms with E-state index in [-0.39, 0.29) is 29.1 Å². The number of ether oxygens (including phenoxy) is 3. The molecule has 1 aromatic rings. The minimum absolute atomic E-state index is 0.163. The molecule has 4 rings (SSSR count). The van der Waals surface area contributed by atoms with Crippen molar-refractivity contribution in [2.24, 2.45) is 17.3 Å². The molecule has 0 spiro atoms. The number of carbonyl (C=O) groups excluding carboxylic acids is 1. The molecule has 2 aliphatic carbocycles. The van der Waals surface area contributed by atoms with Gasteiger partial charge in [-0.2, -0.15) is 0 Å². The molecule has 0 aromatic heterocycles. The normalized spacial score (nSPS) is 25.3. The number of carbonyl (C=O) groups is 2. The monoisotopic (exact) mass is 426 g/mol. The Bertz CT molecular complexity index is 990. The van der Waals surface area contributed by atoms with E-state index in [2.05, 4.69) is 20.8 Å². The second kappa shape index (κ2) is 7.74. The van der Waals surface area contributed by atoms with Gasteiger partial charge in [-0.15, -0.1) is 0 Å². The van der Waals surface area contributed by atoms with Gasteiger partial charge in [0.25, 0.3) is 0 Å². The fourth-order valence-corrected chi connectivity index (χ4v) is 4.82. The molecule has 0 radical (unpaired) electrons. The maximum absolute atomic E-state index is 12.7. The lowest BCUT2D eigenvalue weighted by Crippen LogP contribution is -2.38. The van der Waals surface area contributed by atoms with Crippen LogP contribution in [0.5, 0.6) is 17.2 Å². The van der Waals surface area contributed by atoms with Gasteiger partial charge >= 0.3 is 5.97 Å². The zero-order valence-electron chi connectivity index (χ0n) is 18.8. The molecule has 1 aliphatic heterocycles. The zero-order valence-corrected chi connectivity index (χ0v) is 18.8. The van der Waals surface area contributed by atoms with E-state index in [0.29, 0.717) is 29.6 Å². The summed E-state index contributed by atoms with van der Waals surface area (Å²) in [6.45, 7) is 6.19. The first-order valence-electron chi connectivity index (χ1n) is 10.8. The molecule has 1 N–H and O–H groups in total. The van der Waals surface area contributed by atoms with Gasteiger partial charge in [0.1, 0.15) is 17.4 Å². The number of fused-ring (bicyclic) bond motifs is 2. The number of hydrogen-bond donors (Lipinski definition) is 1. The van der Waals surface area contributed by atoms with Gasteiger partial charge in [0, 0.05) is 23.5 Å². The van der Waals surface area contributed by atoms with E-state index in [1.165, 1.54) is 0 Å². The van der Waals surface area contributed by atoms with E-state index >= 15 is 0 Å². The van der Waals surface area contributed by atoms with Crippen molar-refractivity contribution in [1.29, 1.82) is 0 Å². The Hall–Kier alpha value is -2.76. The van der Waals surface area contributed by atoms with E-state index in [0.717, 1.165) is 29.6 Å².